The maximum absolute atomic E-state index is 11.5. The monoisotopic (exact) mass is 392 g/mol. The van der Waals surface area contributed by atoms with Crippen molar-refractivity contribution in [3.63, 3.8) is 0 Å². The lowest BCUT2D eigenvalue weighted by Crippen LogP contribution is -2.63. The van der Waals surface area contributed by atoms with Crippen molar-refractivity contribution < 1.29 is 14.3 Å². The van der Waals surface area contributed by atoms with Crippen LogP contribution in [0.3, 0.4) is 0 Å². The van der Waals surface area contributed by atoms with Crippen molar-refractivity contribution in [1.82, 2.24) is 15.0 Å². The average molecular weight is 392 g/mol. The summed E-state index contributed by atoms with van der Waals surface area (Å²) in [4.78, 5) is 27.4. The van der Waals surface area contributed by atoms with E-state index in [9.17, 15) is 4.79 Å². The maximum Gasteiger partial charge on any atom is 0.248 e. The molecule has 2 aromatic heterocycles. The Morgan fingerprint density at radius 3 is 2.76 bits per heavy atom. The minimum absolute atomic E-state index is 0.282. The van der Waals surface area contributed by atoms with Crippen LogP contribution in [-0.2, 0) is 9.47 Å². The Bertz CT molecular complexity index is 1110. The number of pyridine rings is 1. The normalized spacial score (nSPS) is 18.0. The molecule has 2 aliphatic rings. The molecule has 1 amide bonds. The predicted molar refractivity (Wildman–Crippen MR) is 107 cm³/mol. The van der Waals surface area contributed by atoms with Crippen molar-refractivity contribution in [2.45, 2.75) is 5.60 Å². The van der Waals surface area contributed by atoms with E-state index in [1.54, 1.807) is 18.2 Å². The van der Waals surface area contributed by atoms with E-state index in [2.05, 4.69) is 19.9 Å². The third-order valence-corrected chi connectivity index (χ3v) is 5.28. The summed E-state index contributed by atoms with van der Waals surface area (Å²) in [5.74, 6) is 0.420. The van der Waals surface area contributed by atoms with E-state index in [0.717, 1.165) is 5.56 Å². The molecule has 4 heterocycles. The zero-order valence-electron chi connectivity index (χ0n) is 15.7. The molecule has 0 unspecified atom stereocenters. The van der Waals surface area contributed by atoms with Gasteiger partial charge in [0, 0.05) is 17.7 Å². The fraction of sp³-hybridized carbons (Fsp3) is 0.300. The molecule has 9 heteroatoms. The zero-order chi connectivity index (χ0) is 20.0. The Balaban J connectivity index is 1.53. The molecule has 2 saturated heterocycles. The number of nitrogens with zero attached hydrogens (tertiary/aromatic N) is 4. The number of nitrogen functional groups attached to an aromatic ring is 1. The van der Waals surface area contributed by atoms with Crippen molar-refractivity contribution in [3.8, 4) is 11.3 Å². The van der Waals surface area contributed by atoms with Crippen LogP contribution in [0.2, 0.25) is 0 Å². The fourth-order valence-electron chi connectivity index (χ4n) is 3.68. The quantitative estimate of drug-likeness (QED) is 0.675. The number of carbonyl (C=O) groups is 1. The lowest BCUT2D eigenvalue weighted by Gasteiger charge is -2.47. The van der Waals surface area contributed by atoms with Gasteiger partial charge in [-0.1, -0.05) is 12.1 Å². The number of anilines is 2. The molecule has 5 rings (SSSR count). The van der Waals surface area contributed by atoms with Crippen LogP contribution in [0.1, 0.15) is 10.4 Å². The number of hydrogen-bond acceptors (Lipinski definition) is 8. The summed E-state index contributed by atoms with van der Waals surface area (Å²) >= 11 is 0. The van der Waals surface area contributed by atoms with Crippen LogP contribution in [0.5, 0.6) is 0 Å². The van der Waals surface area contributed by atoms with Crippen LogP contribution in [0.4, 0.5) is 11.8 Å². The highest BCUT2D eigenvalue weighted by atomic mass is 16.6. The molecule has 1 aromatic carbocycles. The van der Waals surface area contributed by atoms with Gasteiger partial charge >= 0.3 is 0 Å². The molecular formula is C20H20N6O3. The van der Waals surface area contributed by atoms with Gasteiger partial charge in [-0.3, -0.25) is 4.79 Å². The first kappa shape index (κ1) is 17.8. The third kappa shape index (κ3) is 3.14. The van der Waals surface area contributed by atoms with Gasteiger partial charge in [0.1, 0.15) is 11.4 Å². The molecule has 148 valence electrons. The lowest BCUT2D eigenvalue weighted by molar-refractivity contribution is -0.212. The van der Waals surface area contributed by atoms with E-state index >= 15 is 0 Å². The topological polar surface area (TPSA) is 129 Å². The van der Waals surface area contributed by atoms with Crippen molar-refractivity contribution in [2.24, 2.45) is 5.73 Å². The highest BCUT2D eigenvalue weighted by Crippen LogP contribution is 2.30. The summed E-state index contributed by atoms with van der Waals surface area (Å²) in [5, 5.41) is 0.679. The second-order valence-corrected chi connectivity index (χ2v) is 7.37. The van der Waals surface area contributed by atoms with Gasteiger partial charge in [0.25, 0.3) is 0 Å². The first-order valence-electron chi connectivity index (χ1n) is 9.34. The van der Waals surface area contributed by atoms with Crippen molar-refractivity contribution >= 4 is 28.7 Å². The second kappa shape index (κ2) is 6.64. The number of hydrogen-bond donors (Lipinski definition) is 2. The zero-order valence-corrected chi connectivity index (χ0v) is 15.7. The summed E-state index contributed by atoms with van der Waals surface area (Å²) in [6.07, 6.45) is 0. The number of nitrogens with two attached hydrogens (primary N) is 2. The fourth-order valence-corrected chi connectivity index (χ4v) is 3.68. The Morgan fingerprint density at radius 1 is 1.14 bits per heavy atom. The molecule has 4 N–H and O–H groups in total. The third-order valence-electron chi connectivity index (χ3n) is 5.28. The molecular weight excluding hydrogens is 372 g/mol. The SMILES string of the molecule is NC(=O)c1cccc(-c2ccc3c(N)nc(N4CCOC5(COC5)C4)nc3n2)c1. The number of benzene rings is 1. The van der Waals surface area contributed by atoms with Gasteiger partial charge in [-0.25, -0.2) is 4.98 Å². The van der Waals surface area contributed by atoms with Crippen LogP contribution in [0, 0.1) is 0 Å². The Morgan fingerprint density at radius 2 is 2.00 bits per heavy atom. The first-order valence-corrected chi connectivity index (χ1v) is 9.34. The molecule has 1 spiro atoms. The van der Waals surface area contributed by atoms with Crippen molar-refractivity contribution in [2.75, 3.05) is 43.5 Å². The molecule has 29 heavy (non-hydrogen) atoms. The van der Waals surface area contributed by atoms with Crippen LogP contribution in [-0.4, -0.2) is 59.4 Å². The molecule has 0 saturated carbocycles. The van der Waals surface area contributed by atoms with Gasteiger partial charge in [0.15, 0.2) is 5.65 Å². The highest BCUT2D eigenvalue weighted by molar-refractivity contribution is 5.94. The Kier molecular flexibility index (Phi) is 4.07. The molecule has 9 nitrogen and oxygen atoms in total. The van der Waals surface area contributed by atoms with E-state index in [-0.39, 0.29) is 5.60 Å². The maximum atomic E-state index is 11.5. The number of rotatable bonds is 3. The number of ether oxygens (including phenoxy) is 2. The van der Waals surface area contributed by atoms with Gasteiger partial charge in [0.05, 0.1) is 37.4 Å². The lowest BCUT2D eigenvalue weighted by atomic mass is 10.00. The van der Waals surface area contributed by atoms with Crippen LogP contribution >= 0.6 is 0 Å². The van der Waals surface area contributed by atoms with Crippen LogP contribution in [0.25, 0.3) is 22.3 Å². The minimum Gasteiger partial charge on any atom is -0.383 e. The number of amides is 1. The second-order valence-electron chi connectivity index (χ2n) is 7.37. The molecule has 0 atom stereocenters. The molecule has 2 fully saturated rings. The summed E-state index contributed by atoms with van der Waals surface area (Å²) in [6.45, 7) is 3.06. The smallest absolute Gasteiger partial charge is 0.248 e. The summed E-state index contributed by atoms with van der Waals surface area (Å²) in [5.41, 5.74) is 13.7. The average Bonchev–Trinajstić information content (AvgIpc) is 2.72. The standard InChI is InChI=1S/C20H20N6O3/c21-16-14-4-5-15(12-2-1-3-13(8-12)17(22)27)23-18(14)25-19(24-16)26-6-7-29-20(9-26)10-28-11-20/h1-5,8H,6-7,9-11H2,(H2,22,27)(H2,21,23,24,25). The van der Waals surface area contributed by atoms with E-state index < -0.39 is 5.91 Å². The Labute approximate surface area is 166 Å². The van der Waals surface area contributed by atoms with Crippen LogP contribution in [0.15, 0.2) is 36.4 Å². The molecule has 0 bridgehead atoms. The number of aromatic nitrogens is 3. The van der Waals surface area contributed by atoms with Crippen molar-refractivity contribution in [1.29, 1.82) is 0 Å². The van der Waals surface area contributed by atoms with E-state index in [4.69, 9.17) is 20.9 Å². The number of primary amides is 1. The van der Waals surface area contributed by atoms with Gasteiger partial charge in [-0.2, -0.15) is 9.97 Å². The summed E-state index contributed by atoms with van der Waals surface area (Å²) < 4.78 is 11.2. The number of fused-ring (bicyclic) bond motifs is 1. The predicted octanol–water partition coefficient (Wildman–Crippen LogP) is 0.978. The van der Waals surface area contributed by atoms with E-state index in [1.165, 1.54) is 0 Å². The van der Waals surface area contributed by atoms with Gasteiger partial charge in [0.2, 0.25) is 11.9 Å². The number of morpholine rings is 1. The first-order chi connectivity index (χ1) is 14.0. The molecule has 3 aromatic rings. The van der Waals surface area contributed by atoms with Gasteiger partial charge < -0.3 is 25.8 Å². The summed E-state index contributed by atoms with van der Waals surface area (Å²) in [7, 11) is 0. The van der Waals surface area contributed by atoms with E-state index in [1.807, 2.05) is 18.2 Å². The number of carbonyl (C=O) groups excluding carboxylic acids is 1. The highest BCUT2D eigenvalue weighted by Gasteiger charge is 2.44. The van der Waals surface area contributed by atoms with Crippen molar-refractivity contribution in [3.05, 3.63) is 42.0 Å². The summed E-state index contributed by atoms with van der Waals surface area (Å²) in [6, 6.07) is 10.7. The molecule has 0 aliphatic carbocycles. The largest absolute Gasteiger partial charge is 0.383 e. The minimum atomic E-state index is -0.484. The van der Waals surface area contributed by atoms with Gasteiger partial charge in [-0.15, -0.1) is 0 Å². The Hall–Kier alpha value is -3.30. The van der Waals surface area contributed by atoms with Crippen LogP contribution < -0.4 is 16.4 Å². The van der Waals surface area contributed by atoms with Gasteiger partial charge in [-0.05, 0) is 24.3 Å². The molecule has 2 aliphatic heterocycles. The molecule has 0 radical (unpaired) electrons. The van der Waals surface area contributed by atoms with E-state index in [0.29, 0.717) is 67.0 Å².